The van der Waals surface area contributed by atoms with Crippen molar-refractivity contribution < 1.29 is 20.1 Å². The minimum absolute atomic E-state index is 0.0672. The van der Waals surface area contributed by atoms with Crippen LogP contribution in [-0.2, 0) is 4.74 Å². The molecule has 0 amide bonds. The lowest BCUT2D eigenvalue weighted by Crippen LogP contribution is -2.59. The highest BCUT2D eigenvalue weighted by atomic mass is 16.5. The molecule has 0 aromatic carbocycles. The van der Waals surface area contributed by atoms with Crippen LogP contribution >= 0.6 is 0 Å². The molecular formula is C20H30O4. The molecule has 2 saturated carbocycles. The highest BCUT2D eigenvalue weighted by Crippen LogP contribution is 2.72. The minimum Gasteiger partial charge on any atom is -0.392 e. The number of hydrogen-bond donors (Lipinski definition) is 3. The highest BCUT2D eigenvalue weighted by Gasteiger charge is 2.79. The maximum Gasteiger partial charge on any atom is 0.104 e. The Morgan fingerprint density at radius 3 is 2.54 bits per heavy atom. The first-order valence-corrected chi connectivity index (χ1v) is 9.54. The van der Waals surface area contributed by atoms with Crippen molar-refractivity contribution >= 4 is 0 Å². The van der Waals surface area contributed by atoms with Crippen molar-refractivity contribution in [3.8, 4) is 0 Å². The van der Waals surface area contributed by atoms with E-state index in [0.29, 0.717) is 12.8 Å². The van der Waals surface area contributed by atoms with E-state index in [-0.39, 0.29) is 35.4 Å². The van der Waals surface area contributed by atoms with Crippen molar-refractivity contribution in [1.29, 1.82) is 0 Å². The number of hydrogen-bond acceptors (Lipinski definition) is 4. The van der Waals surface area contributed by atoms with Gasteiger partial charge in [-0.25, -0.2) is 0 Å². The van der Waals surface area contributed by atoms with E-state index in [0.717, 1.165) is 12.8 Å². The molecule has 2 heterocycles. The molecule has 1 spiro atoms. The Hall–Kier alpha value is -0.420. The molecule has 0 radical (unpaired) electrons. The quantitative estimate of drug-likeness (QED) is 0.593. The predicted octanol–water partition coefficient (Wildman–Crippen LogP) is 2.02. The minimum atomic E-state index is -1.02. The van der Waals surface area contributed by atoms with Crippen LogP contribution < -0.4 is 0 Å². The van der Waals surface area contributed by atoms with Gasteiger partial charge in [0.15, 0.2) is 0 Å². The van der Waals surface area contributed by atoms with Crippen molar-refractivity contribution in [2.45, 2.75) is 82.9 Å². The molecular weight excluding hydrogens is 304 g/mol. The molecule has 2 aliphatic heterocycles. The van der Waals surface area contributed by atoms with E-state index in [4.69, 9.17) is 4.74 Å². The Labute approximate surface area is 143 Å². The third-order valence-corrected chi connectivity index (χ3v) is 9.09. The van der Waals surface area contributed by atoms with Gasteiger partial charge in [0.05, 0.1) is 23.9 Å². The lowest BCUT2D eigenvalue weighted by molar-refractivity contribution is -0.224. The van der Waals surface area contributed by atoms with E-state index < -0.39 is 22.7 Å². The molecule has 0 aromatic heterocycles. The Balaban J connectivity index is 1.69. The monoisotopic (exact) mass is 334 g/mol. The molecule has 134 valence electrons. The zero-order valence-corrected chi connectivity index (χ0v) is 15.1. The van der Waals surface area contributed by atoms with Gasteiger partial charge >= 0.3 is 0 Å². The van der Waals surface area contributed by atoms with Crippen molar-refractivity contribution in [1.82, 2.24) is 0 Å². The average Bonchev–Trinajstić information content (AvgIpc) is 2.85. The van der Waals surface area contributed by atoms with Gasteiger partial charge in [0.2, 0.25) is 0 Å². The van der Waals surface area contributed by atoms with Crippen LogP contribution in [0.4, 0.5) is 0 Å². The number of aliphatic hydroxyl groups excluding tert-OH is 2. The maximum atomic E-state index is 11.8. The first-order valence-electron chi connectivity index (χ1n) is 9.54. The van der Waals surface area contributed by atoms with Crippen molar-refractivity contribution in [2.24, 2.45) is 28.6 Å². The maximum absolute atomic E-state index is 11.8. The van der Waals surface area contributed by atoms with E-state index in [2.05, 4.69) is 19.9 Å². The van der Waals surface area contributed by atoms with Gasteiger partial charge in [0.25, 0.3) is 0 Å². The topological polar surface area (TPSA) is 69.9 Å². The van der Waals surface area contributed by atoms with Crippen molar-refractivity contribution in [2.75, 3.05) is 0 Å². The second kappa shape index (κ2) is 4.11. The fourth-order valence-corrected chi connectivity index (χ4v) is 7.73. The van der Waals surface area contributed by atoms with Gasteiger partial charge in [-0.2, -0.15) is 0 Å². The third-order valence-electron chi connectivity index (χ3n) is 9.09. The van der Waals surface area contributed by atoms with E-state index in [9.17, 15) is 15.3 Å². The van der Waals surface area contributed by atoms with Gasteiger partial charge < -0.3 is 20.1 Å². The smallest absolute Gasteiger partial charge is 0.104 e. The second-order valence-corrected chi connectivity index (χ2v) is 10.0. The van der Waals surface area contributed by atoms with Crippen molar-refractivity contribution in [3.05, 3.63) is 11.6 Å². The van der Waals surface area contributed by atoms with Gasteiger partial charge in [0, 0.05) is 22.7 Å². The largest absolute Gasteiger partial charge is 0.392 e. The van der Waals surface area contributed by atoms with Crippen LogP contribution in [0.5, 0.6) is 0 Å². The van der Waals surface area contributed by atoms with E-state index in [1.54, 1.807) is 0 Å². The van der Waals surface area contributed by atoms with Crippen LogP contribution in [0.25, 0.3) is 0 Å². The molecule has 3 aliphatic carbocycles. The van der Waals surface area contributed by atoms with Crippen molar-refractivity contribution in [3.63, 3.8) is 0 Å². The number of rotatable bonds is 0. The number of fused-ring (bicyclic) bond motifs is 7. The zero-order chi connectivity index (χ0) is 17.3. The molecule has 9 atom stereocenters. The predicted molar refractivity (Wildman–Crippen MR) is 89.2 cm³/mol. The Morgan fingerprint density at radius 2 is 1.83 bits per heavy atom. The van der Waals surface area contributed by atoms with Gasteiger partial charge in [-0.3, -0.25) is 0 Å². The number of ether oxygens (including phenoxy) is 1. The summed E-state index contributed by atoms with van der Waals surface area (Å²) in [6, 6.07) is 0. The first kappa shape index (κ1) is 15.8. The molecule has 4 nitrogen and oxygen atoms in total. The molecule has 5 rings (SSSR count). The zero-order valence-electron chi connectivity index (χ0n) is 15.1. The summed E-state index contributed by atoms with van der Waals surface area (Å²) in [4.78, 5) is 0. The Kier molecular flexibility index (Phi) is 2.71. The molecule has 24 heavy (non-hydrogen) atoms. The summed E-state index contributed by atoms with van der Waals surface area (Å²) >= 11 is 0. The lowest BCUT2D eigenvalue weighted by Gasteiger charge is -2.56. The fourth-order valence-electron chi connectivity index (χ4n) is 7.73. The van der Waals surface area contributed by atoms with E-state index >= 15 is 0 Å². The molecule has 4 heteroatoms. The summed E-state index contributed by atoms with van der Waals surface area (Å²) < 4.78 is 6.54. The summed E-state index contributed by atoms with van der Waals surface area (Å²) in [6.07, 6.45) is 4.44. The number of aliphatic hydroxyl groups is 3. The first-order chi connectivity index (χ1) is 11.1. The SMILES string of the molecule is CC1=C[C@@]23C[C@H]4O[C@](C)([C@@H]2CC[C@@H]1[C@H]3O)[C@@H]1C[C@H](O)C(C)(C)[C@@]41O. The van der Waals surface area contributed by atoms with Gasteiger partial charge in [-0.15, -0.1) is 0 Å². The average molecular weight is 334 g/mol. The van der Waals surface area contributed by atoms with E-state index in [1.807, 2.05) is 13.8 Å². The fraction of sp³-hybridized carbons (Fsp3) is 0.900. The van der Waals surface area contributed by atoms with Crippen LogP contribution in [0.15, 0.2) is 11.6 Å². The standard InChI is InChI=1S/C20H30O4/c1-10-8-19-9-15-20(23)13(7-14(21)17(20,2)3)18(4,24-15)12(19)6-5-11(10)16(19)22/h8,11-16,21-23H,5-7,9H2,1-4H3/t11-,12-,13-,14-,15+,16+,18+,19+,20-/m0/s1. The third kappa shape index (κ3) is 1.34. The van der Waals surface area contributed by atoms with Crippen LogP contribution in [0.1, 0.15) is 53.4 Å². The summed E-state index contributed by atoms with van der Waals surface area (Å²) in [5.74, 6) is 0.419. The highest BCUT2D eigenvalue weighted by molar-refractivity contribution is 5.35. The second-order valence-electron chi connectivity index (χ2n) is 10.0. The summed E-state index contributed by atoms with van der Waals surface area (Å²) in [6.45, 7) is 8.23. The van der Waals surface area contributed by atoms with E-state index in [1.165, 1.54) is 5.57 Å². The molecule has 4 fully saturated rings. The van der Waals surface area contributed by atoms with Gasteiger partial charge in [-0.05, 0) is 45.4 Å². The molecule has 0 aromatic rings. The Morgan fingerprint density at radius 1 is 1.12 bits per heavy atom. The van der Waals surface area contributed by atoms with Crippen LogP contribution in [0, 0.1) is 28.6 Å². The van der Waals surface area contributed by atoms with Gasteiger partial charge in [0.1, 0.15) is 5.60 Å². The summed E-state index contributed by atoms with van der Waals surface area (Å²) in [5, 5.41) is 33.6. The summed E-state index contributed by atoms with van der Waals surface area (Å²) in [7, 11) is 0. The molecule has 2 saturated heterocycles. The van der Waals surface area contributed by atoms with Crippen LogP contribution in [0.3, 0.4) is 0 Å². The summed E-state index contributed by atoms with van der Waals surface area (Å²) in [5.41, 5.74) is -1.03. The lowest BCUT2D eigenvalue weighted by atomic mass is 9.56. The molecule has 3 N–H and O–H groups in total. The Bertz CT molecular complexity index is 642. The van der Waals surface area contributed by atoms with Crippen LogP contribution in [0.2, 0.25) is 0 Å². The normalized spacial score (nSPS) is 63.0. The van der Waals surface area contributed by atoms with Gasteiger partial charge in [-0.1, -0.05) is 25.5 Å². The van der Waals surface area contributed by atoms with Crippen LogP contribution in [-0.4, -0.2) is 44.8 Å². The molecule has 4 bridgehead atoms. The molecule has 0 unspecified atom stereocenters. The molecule has 5 aliphatic rings.